The maximum absolute atomic E-state index is 13.8. The van der Waals surface area contributed by atoms with Crippen molar-refractivity contribution in [1.29, 1.82) is 0 Å². The molecule has 0 aliphatic carbocycles. The van der Waals surface area contributed by atoms with Gasteiger partial charge in [-0.15, -0.1) is 0 Å². The van der Waals surface area contributed by atoms with E-state index in [2.05, 4.69) is 31.2 Å². The number of nitrogens with zero attached hydrogens (tertiary/aromatic N) is 2. The van der Waals surface area contributed by atoms with E-state index in [0.717, 1.165) is 18.7 Å². The van der Waals surface area contributed by atoms with Crippen molar-refractivity contribution < 1.29 is 33.5 Å². The average molecular weight is 727 g/mol. The number of rotatable bonds is 23. The number of hydrogen-bond acceptors (Lipinski definition) is 8. The van der Waals surface area contributed by atoms with Crippen LogP contribution in [0.25, 0.3) is 0 Å². The van der Waals surface area contributed by atoms with Crippen LogP contribution in [-0.2, 0) is 32.1 Å². The summed E-state index contributed by atoms with van der Waals surface area (Å²) >= 11 is 0. The molecule has 0 aliphatic rings. The summed E-state index contributed by atoms with van der Waals surface area (Å²) in [5.74, 6) is -3.57. The van der Waals surface area contributed by atoms with Gasteiger partial charge in [0.05, 0.1) is 6.54 Å². The lowest BCUT2D eigenvalue weighted by Gasteiger charge is -2.29. The van der Waals surface area contributed by atoms with Crippen molar-refractivity contribution in [2.45, 2.75) is 104 Å². The molecule has 9 N–H and O–H groups in total. The van der Waals surface area contributed by atoms with Gasteiger partial charge in [0, 0.05) is 13.0 Å². The molecule has 1 heterocycles. The number of aliphatic carboxylic acids is 1. The van der Waals surface area contributed by atoms with Gasteiger partial charge in [-0.2, -0.15) is 0 Å². The van der Waals surface area contributed by atoms with Crippen molar-refractivity contribution in [3.8, 4) is 0 Å². The first kappa shape index (κ1) is 43.2. The van der Waals surface area contributed by atoms with E-state index in [4.69, 9.17) is 15.9 Å². The second-order valence-electron chi connectivity index (χ2n) is 13.4. The predicted molar refractivity (Wildman–Crippen MR) is 199 cm³/mol. The maximum Gasteiger partial charge on any atom is 0.326 e. The second-order valence-corrected chi connectivity index (χ2v) is 13.4. The van der Waals surface area contributed by atoms with E-state index < -0.39 is 53.8 Å². The quantitative estimate of drug-likeness (QED) is 0.0501. The molecule has 0 fully saturated rings. The highest BCUT2D eigenvalue weighted by Crippen LogP contribution is 2.14. The summed E-state index contributed by atoms with van der Waals surface area (Å²) in [7, 11) is 0. The average Bonchev–Trinajstić information content (AvgIpc) is 3.58. The van der Waals surface area contributed by atoms with Gasteiger partial charge in [0.15, 0.2) is 11.7 Å². The number of aliphatic imine (C=N–C) groups is 1. The van der Waals surface area contributed by atoms with Crippen molar-refractivity contribution in [3.63, 3.8) is 0 Å². The Morgan fingerprint density at radius 3 is 2.04 bits per heavy atom. The highest BCUT2D eigenvalue weighted by Gasteiger charge is 2.34. The summed E-state index contributed by atoms with van der Waals surface area (Å²) in [6.07, 6.45) is 1.27. The van der Waals surface area contributed by atoms with Crippen LogP contribution in [0, 0.1) is 11.8 Å². The lowest BCUT2D eigenvalue weighted by Crippen LogP contribution is -2.59. The third-order valence-corrected chi connectivity index (χ3v) is 8.76. The molecule has 2 rings (SSSR count). The van der Waals surface area contributed by atoms with Crippen LogP contribution in [0.15, 0.2) is 51.9 Å². The molecule has 2 aromatic rings. The molecule has 5 atom stereocenters. The zero-order chi connectivity index (χ0) is 38.8. The number of nitrogens with one attached hydrogen (secondary N) is 4. The number of carboxylic acid groups (broad SMARTS) is 1. The summed E-state index contributed by atoms with van der Waals surface area (Å²) in [6.45, 7) is 13.8. The number of benzene rings is 1. The Morgan fingerprint density at radius 1 is 0.827 bits per heavy atom. The normalized spacial score (nSPS) is 14.1. The fraction of sp³-hybridized carbons (Fsp3) is 0.568. The van der Waals surface area contributed by atoms with E-state index in [1.807, 2.05) is 40.7 Å². The zero-order valence-electron chi connectivity index (χ0n) is 31.3. The van der Waals surface area contributed by atoms with Gasteiger partial charge < -0.3 is 42.3 Å². The SMILES string of the molecule is CC[C@H](C)[C@H](NC(=O)[C@H](CC(C)C)NC(=O)[C@H](CCCN=C(N)N)NC(=O)c1ccc(CN(CC)CC)o1)C(=O)N[C@@H](Cc1ccccc1)C(=O)O. The first-order valence-corrected chi connectivity index (χ1v) is 18.0. The molecule has 52 heavy (non-hydrogen) atoms. The Morgan fingerprint density at radius 2 is 1.46 bits per heavy atom. The number of amides is 4. The number of carboxylic acids is 1. The number of carbonyl (C=O) groups is 5. The minimum absolute atomic E-state index is 0.0370. The van der Waals surface area contributed by atoms with Crippen LogP contribution >= 0.6 is 0 Å². The molecule has 0 spiro atoms. The van der Waals surface area contributed by atoms with Gasteiger partial charge in [-0.3, -0.25) is 29.1 Å². The number of carbonyl (C=O) groups excluding carboxylic acids is 4. The Kier molecular flexibility index (Phi) is 18.4. The van der Waals surface area contributed by atoms with Crippen molar-refractivity contribution in [2.24, 2.45) is 28.3 Å². The molecule has 0 radical (unpaired) electrons. The molecule has 288 valence electrons. The van der Waals surface area contributed by atoms with Crippen LogP contribution in [0.4, 0.5) is 0 Å². The number of hydrogen-bond donors (Lipinski definition) is 7. The number of guanidine groups is 1. The summed E-state index contributed by atoms with van der Waals surface area (Å²) in [5, 5.41) is 20.7. The van der Waals surface area contributed by atoms with Crippen LogP contribution in [0.5, 0.6) is 0 Å². The Balaban J connectivity index is 2.26. The number of furan rings is 1. The van der Waals surface area contributed by atoms with Crippen molar-refractivity contribution in [2.75, 3.05) is 19.6 Å². The Bertz CT molecular complexity index is 1470. The molecule has 15 heteroatoms. The first-order valence-electron chi connectivity index (χ1n) is 18.0. The molecule has 0 unspecified atom stereocenters. The first-order chi connectivity index (χ1) is 24.7. The second kappa shape index (κ2) is 22.1. The molecule has 15 nitrogen and oxygen atoms in total. The summed E-state index contributed by atoms with van der Waals surface area (Å²) < 4.78 is 5.78. The van der Waals surface area contributed by atoms with E-state index in [1.165, 1.54) is 0 Å². The minimum Gasteiger partial charge on any atom is -0.480 e. The van der Waals surface area contributed by atoms with E-state index in [9.17, 15) is 29.1 Å². The van der Waals surface area contributed by atoms with Gasteiger partial charge in [-0.1, -0.05) is 78.3 Å². The third-order valence-electron chi connectivity index (χ3n) is 8.76. The smallest absolute Gasteiger partial charge is 0.326 e. The van der Waals surface area contributed by atoms with E-state index in [1.54, 1.807) is 43.3 Å². The van der Waals surface area contributed by atoms with Gasteiger partial charge >= 0.3 is 5.97 Å². The molecule has 0 bridgehead atoms. The lowest BCUT2D eigenvalue weighted by molar-refractivity contribution is -0.142. The van der Waals surface area contributed by atoms with E-state index >= 15 is 0 Å². The molecule has 0 saturated heterocycles. The van der Waals surface area contributed by atoms with Crippen LogP contribution in [0.3, 0.4) is 0 Å². The molecule has 0 aliphatic heterocycles. The van der Waals surface area contributed by atoms with Gasteiger partial charge in [0.25, 0.3) is 5.91 Å². The summed E-state index contributed by atoms with van der Waals surface area (Å²) in [4.78, 5) is 72.6. The Hall–Kier alpha value is -4.92. The minimum atomic E-state index is -1.23. The molecule has 1 aromatic carbocycles. The monoisotopic (exact) mass is 726 g/mol. The fourth-order valence-corrected chi connectivity index (χ4v) is 5.50. The highest BCUT2D eigenvalue weighted by molar-refractivity contribution is 5.97. The van der Waals surface area contributed by atoms with Crippen LogP contribution < -0.4 is 32.7 Å². The third kappa shape index (κ3) is 14.7. The van der Waals surface area contributed by atoms with E-state index in [0.29, 0.717) is 25.1 Å². The molecule has 1 aromatic heterocycles. The number of nitrogens with two attached hydrogens (primary N) is 2. The summed E-state index contributed by atoms with van der Waals surface area (Å²) in [6, 6.07) is 7.71. The van der Waals surface area contributed by atoms with Crippen molar-refractivity contribution >= 4 is 35.6 Å². The van der Waals surface area contributed by atoms with Gasteiger partial charge in [0.1, 0.15) is 29.9 Å². The lowest BCUT2D eigenvalue weighted by atomic mass is 9.96. The van der Waals surface area contributed by atoms with Crippen LogP contribution in [0.2, 0.25) is 0 Å². The molecule has 0 saturated carbocycles. The van der Waals surface area contributed by atoms with Gasteiger partial charge in [-0.25, -0.2) is 4.79 Å². The van der Waals surface area contributed by atoms with Gasteiger partial charge in [0.2, 0.25) is 17.7 Å². The van der Waals surface area contributed by atoms with E-state index in [-0.39, 0.29) is 49.4 Å². The standard InChI is InChI=1S/C37H58N8O7/c1-7-24(6)31(35(49)43-29(36(50)51)21-25-14-11-10-12-15-25)44-33(47)28(20-23(4)5)42-32(46)27(16-13-19-40-37(38)39)41-34(48)30-18-17-26(52-30)22-45(8-2)9-3/h10-12,14-15,17-18,23-24,27-29,31H,7-9,13,16,19-22H2,1-6H3,(H,41,48)(H,42,46)(H,43,49)(H,44,47)(H,50,51)(H4,38,39,40)/t24-,27-,28-,29-,31-/m0/s1. The van der Waals surface area contributed by atoms with Crippen molar-refractivity contribution in [1.82, 2.24) is 26.2 Å². The zero-order valence-corrected chi connectivity index (χ0v) is 31.3. The predicted octanol–water partition coefficient (Wildman–Crippen LogP) is 2.15. The van der Waals surface area contributed by atoms with Crippen molar-refractivity contribution in [3.05, 3.63) is 59.5 Å². The summed E-state index contributed by atoms with van der Waals surface area (Å²) in [5.41, 5.74) is 11.6. The molecule has 4 amide bonds. The largest absolute Gasteiger partial charge is 0.480 e. The van der Waals surface area contributed by atoms with Crippen LogP contribution in [0.1, 0.15) is 89.1 Å². The maximum atomic E-state index is 13.8. The Labute approximate surface area is 306 Å². The fourth-order valence-electron chi connectivity index (χ4n) is 5.50. The molecular formula is C37H58N8O7. The van der Waals surface area contributed by atoms with Crippen LogP contribution in [-0.4, -0.2) is 89.4 Å². The topological polar surface area (TPSA) is 234 Å². The molecular weight excluding hydrogens is 668 g/mol. The highest BCUT2D eigenvalue weighted by atomic mass is 16.4. The van der Waals surface area contributed by atoms with Gasteiger partial charge in [-0.05, 0) is 61.9 Å².